The van der Waals surface area contributed by atoms with Crippen LogP contribution in [0.1, 0.15) is 31.7 Å². The maximum absolute atomic E-state index is 5.55. The van der Waals surface area contributed by atoms with E-state index in [4.69, 9.17) is 4.74 Å². The van der Waals surface area contributed by atoms with Crippen molar-refractivity contribution in [2.45, 2.75) is 33.4 Å². The Balaban J connectivity index is 2.34. The van der Waals surface area contributed by atoms with Crippen LogP contribution < -0.4 is 5.32 Å². The van der Waals surface area contributed by atoms with E-state index < -0.39 is 0 Å². The summed E-state index contributed by atoms with van der Waals surface area (Å²) >= 11 is 0. The lowest BCUT2D eigenvalue weighted by Gasteiger charge is -2.06. The van der Waals surface area contributed by atoms with Crippen molar-refractivity contribution in [2.24, 2.45) is 0 Å². The molecule has 0 aliphatic rings. The predicted octanol–water partition coefficient (Wildman–Crippen LogP) is 2.67. The molecule has 94 valence electrons. The van der Waals surface area contributed by atoms with E-state index in [0.717, 1.165) is 36.5 Å². The van der Waals surface area contributed by atoms with E-state index in [0.29, 0.717) is 13.2 Å². The molecule has 3 nitrogen and oxygen atoms in total. The first kappa shape index (κ1) is 13.9. The summed E-state index contributed by atoms with van der Waals surface area (Å²) in [7, 11) is 0. The quantitative estimate of drug-likeness (QED) is 0.554. The van der Waals surface area contributed by atoms with Gasteiger partial charge in [0.15, 0.2) is 0 Å². The van der Waals surface area contributed by atoms with Gasteiger partial charge in [0.05, 0.1) is 24.6 Å². The molecule has 1 aromatic rings. The summed E-state index contributed by atoms with van der Waals surface area (Å²) < 4.78 is 5.55. The van der Waals surface area contributed by atoms with Crippen LogP contribution in [0.4, 0.5) is 0 Å². The molecule has 0 atom stereocenters. The largest absolute Gasteiger partial charge is 0.375 e. The van der Waals surface area contributed by atoms with Crippen LogP contribution in [-0.4, -0.2) is 18.1 Å². The molecule has 0 fully saturated rings. The molecule has 0 aromatic carbocycles. The Kier molecular flexibility index (Phi) is 6.51. The van der Waals surface area contributed by atoms with Crippen molar-refractivity contribution in [3.8, 4) is 0 Å². The SMILES string of the molecule is C=C(C)CCOCc1cccc(CNCC)n1. The number of hydrogen-bond donors (Lipinski definition) is 1. The van der Waals surface area contributed by atoms with Crippen molar-refractivity contribution in [3.63, 3.8) is 0 Å². The number of aromatic nitrogens is 1. The fraction of sp³-hybridized carbons (Fsp3) is 0.500. The standard InChI is InChI=1S/C14H22N2O/c1-4-15-10-13-6-5-7-14(16-13)11-17-9-8-12(2)3/h5-7,15H,2,4,8-11H2,1,3H3. The first-order valence-electron chi connectivity index (χ1n) is 6.10. The number of nitrogens with one attached hydrogen (secondary N) is 1. The van der Waals surface area contributed by atoms with Crippen LogP contribution in [0, 0.1) is 0 Å². The van der Waals surface area contributed by atoms with Gasteiger partial charge in [0.1, 0.15) is 0 Å². The van der Waals surface area contributed by atoms with Crippen molar-refractivity contribution >= 4 is 0 Å². The second-order valence-electron chi connectivity index (χ2n) is 4.16. The van der Waals surface area contributed by atoms with Gasteiger partial charge in [0, 0.05) is 6.54 Å². The molecule has 0 spiro atoms. The lowest BCUT2D eigenvalue weighted by atomic mass is 10.2. The second-order valence-corrected chi connectivity index (χ2v) is 4.16. The monoisotopic (exact) mass is 234 g/mol. The molecule has 0 radical (unpaired) electrons. The Morgan fingerprint density at radius 2 is 2.18 bits per heavy atom. The second kappa shape index (κ2) is 7.98. The Hall–Kier alpha value is -1.19. The highest BCUT2D eigenvalue weighted by Crippen LogP contribution is 2.03. The van der Waals surface area contributed by atoms with Crippen molar-refractivity contribution < 1.29 is 4.74 Å². The fourth-order valence-corrected chi connectivity index (χ4v) is 1.38. The molecule has 0 unspecified atom stereocenters. The summed E-state index contributed by atoms with van der Waals surface area (Å²) in [5.74, 6) is 0. The van der Waals surface area contributed by atoms with Crippen molar-refractivity contribution in [1.82, 2.24) is 10.3 Å². The van der Waals surface area contributed by atoms with E-state index in [1.165, 1.54) is 0 Å². The van der Waals surface area contributed by atoms with Crippen molar-refractivity contribution in [3.05, 3.63) is 41.7 Å². The molecule has 0 saturated carbocycles. The Bertz CT molecular complexity index is 350. The number of ether oxygens (including phenoxy) is 1. The molecule has 3 heteroatoms. The van der Waals surface area contributed by atoms with E-state index in [1.807, 2.05) is 25.1 Å². The van der Waals surface area contributed by atoms with Crippen LogP contribution in [0.25, 0.3) is 0 Å². The molecular formula is C14H22N2O. The summed E-state index contributed by atoms with van der Waals surface area (Å²) in [6.45, 7) is 11.0. The van der Waals surface area contributed by atoms with Crippen LogP contribution in [-0.2, 0) is 17.9 Å². The van der Waals surface area contributed by atoms with E-state index in [1.54, 1.807) is 0 Å². The topological polar surface area (TPSA) is 34.1 Å². The Morgan fingerprint density at radius 1 is 1.41 bits per heavy atom. The first-order chi connectivity index (χ1) is 8.22. The van der Waals surface area contributed by atoms with Crippen molar-refractivity contribution in [2.75, 3.05) is 13.2 Å². The lowest BCUT2D eigenvalue weighted by molar-refractivity contribution is 0.121. The van der Waals surface area contributed by atoms with Gasteiger partial charge in [0.2, 0.25) is 0 Å². The summed E-state index contributed by atoms with van der Waals surface area (Å²) in [5, 5.41) is 3.26. The van der Waals surface area contributed by atoms with Gasteiger partial charge in [-0.25, -0.2) is 0 Å². The van der Waals surface area contributed by atoms with Crippen molar-refractivity contribution in [1.29, 1.82) is 0 Å². The Morgan fingerprint density at radius 3 is 2.88 bits per heavy atom. The Labute approximate surface area is 104 Å². The van der Waals surface area contributed by atoms with E-state index in [2.05, 4.69) is 23.8 Å². The van der Waals surface area contributed by atoms with Gasteiger partial charge in [-0.2, -0.15) is 0 Å². The molecular weight excluding hydrogens is 212 g/mol. The molecule has 0 saturated heterocycles. The zero-order chi connectivity index (χ0) is 12.5. The van der Waals surface area contributed by atoms with Gasteiger partial charge < -0.3 is 10.1 Å². The summed E-state index contributed by atoms with van der Waals surface area (Å²) in [5.41, 5.74) is 3.20. The lowest BCUT2D eigenvalue weighted by Crippen LogP contribution is -2.13. The number of nitrogens with zero attached hydrogens (tertiary/aromatic N) is 1. The van der Waals surface area contributed by atoms with Crippen LogP contribution >= 0.6 is 0 Å². The average Bonchev–Trinajstić information content (AvgIpc) is 2.32. The van der Waals surface area contributed by atoms with E-state index in [9.17, 15) is 0 Å². The number of rotatable bonds is 8. The molecule has 0 bridgehead atoms. The van der Waals surface area contributed by atoms with Crippen LogP contribution in [0.3, 0.4) is 0 Å². The maximum Gasteiger partial charge on any atom is 0.0888 e. The molecule has 0 aliphatic carbocycles. The first-order valence-corrected chi connectivity index (χ1v) is 6.10. The van der Waals surface area contributed by atoms with Crippen LogP contribution in [0.15, 0.2) is 30.4 Å². The molecule has 0 aliphatic heterocycles. The minimum Gasteiger partial charge on any atom is -0.375 e. The minimum atomic E-state index is 0.577. The molecule has 0 amide bonds. The van der Waals surface area contributed by atoms with Gasteiger partial charge in [0.25, 0.3) is 0 Å². The van der Waals surface area contributed by atoms with Gasteiger partial charge in [-0.3, -0.25) is 4.98 Å². The fourth-order valence-electron chi connectivity index (χ4n) is 1.38. The van der Waals surface area contributed by atoms with Crippen LogP contribution in [0.2, 0.25) is 0 Å². The van der Waals surface area contributed by atoms with Gasteiger partial charge >= 0.3 is 0 Å². The molecule has 1 rings (SSSR count). The maximum atomic E-state index is 5.55. The zero-order valence-corrected chi connectivity index (χ0v) is 10.8. The van der Waals surface area contributed by atoms with E-state index in [-0.39, 0.29) is 0 Å². The third-order valence-electron chi connectivity index (χ3n) is 2.34. The highest BCUT2D eigenvalue weighted by molar-refractivity contribution is 5.10. The number of hydrogen-bond acceptors (Lipinski definition) is 3. The smallest absolute Gasteiger partial charge is 0.0888 e. The highest BCUT2D eigenvalue weighted by atomic mass is 16.5. The third-order valence-corrected chi connectivity index (χ3v) is 2.34. The van der Waals surface area contributed by atoms with Crippen LogP contribution in [0.5, 0.6) is 0 Å². The molecule has 1 heterocycles. The average molecular weight is 234 g/mol. The summed E-state index contributed by atoms with van der Waals surface area (Å²) in [6, 6.07) is 6.05. The van der Waals surface area contributed by atoms with E-state index >= 15 is 0 Å². The molecule has 1 aromatic heterocycles. The zero-order valence-electron chi connectivity index (χ0n) is 10.8. The number of pyridine rings is 1. The highest BCUT2D eigenvalue weighted by Gasteiger charge is 1.98. The van der Waals surface area contributed by atoms with Gasteiger partial charge in [-0.05, 0) is 32.0 Å². The third kappa shape index (κ3) is 6.19. The van der Waals surface area contributed by atoms with Gasteiger partial charge in [-0.1, -0.05) is 18.6 Å². The summed E-state index contributed by atoms with van der Waals surface area (Å²) in [6.07, 6.45) is 0.914. The minimum absolute atomic E-state index is 0.577. The summed E-state index contributed by atoms with van der Waals surface area (Å²) in [4.78, 5) is 4.52. The molecule has 1 N–H and O–H groups in total. The van der Waals surface area contributed by atoms with Gasteiger partial charge in [-0.15, -0.1) is 6.58 Å². The normalized spacial score (nSPS) is 10.5. The molecule has 17 heavy (non-hydrogen) atoms. The predicted molar refractivity (Wildman–Crippen MR) is 70.7 cm³/mol.